The molecule has 2 aromatic carbocycles. The van der Waals surface area contributed by atoms with Crippen molar-refractivity contribution >= 4 is 17.7 Å². The first-order chi connectivity index (χ1) is 9.27. The second-order valence-corrected chi connectivity index (χ2v) is 4.14. The fourth-order valence-electron chi connectivity index (χ4n) is 1.64. The van der Waals surface area contributed by atoms with Crippen molar-refractivity contribution in [2.24, 2.45) is 9.98 Å². The predicted octanol–water partition coefficient (Wildman–Crippen LogP) is 4.19. The van der Waals surface area contributed by atoms with E-state index in [1.54, 1.807) is 6.34 Å². The van der Waals surface area contributed by atoms with Gasteiger partial charge in [-0.05, 0) is 18.1 Å². The monoisotopic (exact) mass is 248 g/mol. The molecule has 0 aliphatic carbocycles. The van der Waals surface area contributed by atoms with Crippen LogP contribution in [0.15, 0.2) is 77.2 Å². The standard InChI is InChI=1S/C17H16N2/c1-14(16-9-5-3-6-10-16)18-13-19-15(2)17-11-7-4-8-12-17/h3-13H,1H2,2H3/b18-13-,19-15+. The minimum absolute atomic E-state index is 0.713. The topological polar surface area (TPSA) is 24.7 Å². The van der Waals surface area contributed by atoms with Crippen LogP contribution in [0.1, 0.15) is 18.1 Å². The maximum atomic E-state index is 4.32. The minimum Gasteiger partial charge on any atom is -0.241 e. The number of nitrogens with zero attached hydrogens (tertiary/aromatic N) is 2. The maximum Gasteiger partial charge on any atom is 0.116 e. The van der Waals surface area contributed by atoms with Crippen LogP contribution in [0.3, 0.4) is 0 Å². The lowest BCUT2D eigenvalue weighted by molar-refractivity contribution is 1.50. The Morgan fingerprint density at radius 3 is 2.00 bits per heavy atom. The highest BCUT2D eigenvalue weighted by Gasteiger charge is 1.95. The average Bonchev–Trinajstić information content (AvgIpc) is 2.49. The predicted molar refractivity (Wildman–Crippen MR) is 82.6 cm³/mol. The molecular formula is C17H16N2. The zero-order valence-electron chi connectivity index (χ0n) is 11.0. The normalized spacial score (nSPS) is 11.7. The third kappa shape index (κ3) is 3.75. The van der Waals surface area contributed by atoms with Crippen LogP contribution in [0, 0.1) is 0 Å². The Morgan fingerprint density at radius 1 is 0.895 bits per heavy atom. The quantitative estimate of drug-likeness (QED) is 0.572. The first-order valence-corrected chi connectivity index (χ1v) is 6.14. The number of hydrogen-bond acceptors (Lipinski definition) is 1. The van der Waals surface area contributed by atoms with Crippen molar-refractivity contribution in [3.8, 4) is 0 Å². The van der Waals surface area contributed by atoms with Gasteiger partial charge in [-0.15, -0.1) is 0 Å². The van der Waals surface area contributed by atoms with Crippen LogP contribution < -0.4 is 0 Å². The van der Waals surface area contributed by atoms with Crippen LogP contribution in [0.2, 0.25) is 0 Å². The zero-order chi connectivity index (χ0) is 13.5. The Kier molecular flexibility index (Phi) is 4.40. The molecule has 94 valence electrons. The van der Waals surface area contributed by atoms with Crippen LogP contribution >= 0.6 is 0 Å². The average molecular weight is 248 g/mol. The smallest absolute Gasteiger partial charge is 0.116 e. The maximum absolute atomic E-state index is 4.32. The summed E-state index contributed by atoms with van der Waals surface area (Å²) in [6, 6.07) is 19.9. The molecule has 2 heteroatoms. The number of rotatable bonds is 4. The first-order valence-electron chi connectivity index (χ1n) is 6.14. The minimum atomic E-state index is 0.713. The van der Waals surface area contributed by atoms with Gasteiger partial charge in [0.2, 0.25) is 0 Å². The van der Waals surface area contributed by atoms with Gasteiger partial charge in [0.1, 0.15) is 6.34 Å². The van der Waals surface area contributed by atoms with Gasteiger partial charge in [-0.3, -0.25) is 0 Å². The molecule has 19 heavy (non-hydrogen) atoms. The van der Waals surface area contributed by atoms with E-state index in [4.69, 9.17) is 0 Å². The van der Waals surface area contributed by atoms with Crippen LogP contribution in [-0.2, 0) is 0 Å². The second-order valence-electron chi connectivity index (χ2n) is 4.14. The van der Waals surface area contributed by atoms with Gasteiger partial charge < -0.3 is 0 Å². The van der Waals surface area contributed by atoms with E-state index in [0.29, 0.717) is 5.70 Å². The van der Waals surface area contributed by atoms with E-state index in [9.17, 15) is 0 Å². The summed E-state index contributed by atoms with van der Waals surface area (Å²) in [7, 11) is 0. The molecule has 0 fully saturated rings. The molecule has 0 amide bonds. The molecule has 0 saturated carbocycles. The Morgan fingerprint density at radius 2 is 1.42 bits per heavy atom. The highest BCUT2D eigenvalue weighted by atomic mass is 14.9. The molecule has 2 nitrogen and oxygen atoms in total. The fourth-order valence-corrected chi connectivity index (χ4v) is 1.64. The van der Waals surface area contributed by atoms with E-state index in [1.165, 1.54) is 0 Å². The summed E-state index contributed by atoms with van der Waals surface area (Å²) in [5, 5.41) is 0. The largest absolute Gasteiger partial charge is 0.241 e. The van der Waals surface area contributed by atoms with Gasteiger partial charge in [0.15, 0.2) is 0 Å². The van der Waals surface area contributed by atoms with Crippen LogP contribution in [0.4, 0.5) is 0 Å². The molecular weight excluding hydrogens is 232 g/mol. The first kappa shape index (κ1) is 13.0. The van der Waals surface area contributed by atoms with E-state index >= 15 is 0 Å². The molecule has 2 aromatic rings. The third-order valence-corrected chi connectivity index (χ3v) is 2.76. The molecule has 0 atom stereocenters. The van der Waals surface area contributed by atoms with Gasteiger partial charge in [0.25, 0.3) is 0 Å². The van der Waals surface area contributed by atoms with Crippen molar-refractivity contribution < 1.29 is 0 Å². The van der Waals surface area contributed by atoms with Gasteiger partial charge in [-0.25, -0.2) is 9.98 Å². The van der Waals surface area contributed by atoms with E-state index in [2.05, 4.69) is 16.6 Å². The summed E-state index contributed by atoms with van der Waals surface area (Å²) in [6.45, 7) is 5.89. The molecule has 0 saturated heterocycles. The van der Waals surface area contributed by atoms with Crippen molar-refractivity contribution in [1.29, 1.82) is 0 Å². The lowest BCUT2D eigenvalue weighted by atomic mass is 10.1. The van der Waals surface area contributed by atoms with E-state index in [-0.39, 0.29) is 0 Å². The summed E-state index contributed by atoms with van der Waals surface area (Å²) < 4.78 is 0. The van der Waals surface area contributed by atoms with Gasteiger partial charge in [-0.1, -0.05) is 67.2 Å². The highest BCUT2D eigenvalue weighted by molar-refractivity contribution is 6.02. The van der Waals surface area contributed by atoms with Crippen molar-refractivity contribution in [1.82, 2.24) is 0 Å². The second kappa shape index (κ2) is 6.45. The van der Waals surface area contributed by atoms with Gasteiger partial charge in [-0.2, -0.15) is 0 Å². The van der Waals surface area contributed by atoms with Crippen molar-refractivity contribution in [3.63, 3.8) is 0 Å². The molecule has 0 radical (unpaired) electrons. The van der Waals surface area contributed by atoms with E-state index in [0.717, 1.165) is 16.8 Å². The van der Waals surface area contributed by atoms with Crippen LogP contribution in [-0.4, -0.2) is 12.1 Å². The number of aliphatic imine (C=N–C) groups is 2. The lowest BCUT2D eigenvalue weighted by Crippen LogP contribution is -1.93. The molecule has 0 aliphatic rings. The molecule has 0 N–H and O–H groups in total. The molecule has 0 spiro atoms. The van der Waals surface area contributed by atoms with Crippen LogP contribution in [0.25, 0.3) is 5.70 Å². The van der Waals surface area contributed by atoms with Crippen molar-refractivity contribution in [2.45, 2.75) is 6.92 Å². The lowest BCUT2D eigenvalue weighted by Gasteiger charge is -1.99. The molecule has 0 heterocycles. The summed E-state index contributed by atoms with van der Waals surface area (Å²) in [6.07, 6.45) is 1.55. The Labute approximate surface area is 113 Å². The third-order valence-electron chi connectivity index (χ3n) is 2.76. The van der Waals surface area contributed by atoms with Crippen molar-refractivity contribution in [2.75, 3.05) is 0 Å². The summed E-state index contributed by atoms with van der Waals surface area (Å²) >= 11 is 0. The highest BCUT2D eigenvalue weighted by Crippen LogP contribution is 2.11. The Balaban J connectivity index is 2.06. The summed E-state index contributed by atoms with van der Waals surface area (Å²) in [5.74, 6) is 0. The molecule has 0 unspecified atom stereocenters. The SMILES string of the molecule is C=C(/N=C\N=C(/C)c1ccccc1)c1ccccc1. The molecule has 2 rings (SSSR count). The molecule has 0 bridgehead atoms. The van der Waals surface area contributed by atoms with Crippen LogP contribution in [0.5, 0.6) is 0 Å². The van der Waals surface area contributed by atoms with Crippen molar-refractivity contribution in [3.05, 3.63) is 78.4 Å². The zero-order valence-corrected chi connectivity index (χ0v) is 11.0. The Bertz CT molecular complexity index is 596. The Hall–Kier alpha value is -2.48. The van der Waals surface area contributed by atoms with Gasteiger partial charge >= 0.3 is 0 Å². The molecule has 0 aliphatic heterocycles. The van der Waals surface area contributed by atoms with Gasteiger partial charge in [0.05, 0.1) is 5.70 Å². The summed E-state index contributed by atoms with van der Waals surface area (Å²) in [4.78, 5) is 8.58. The summed E-state index contributed by atoms with van der Waals surface area (Å²) in [5.41, 5.74) is 3.75. The van der Waals surface area contributed by atoms with E-state index in [1.807, 2.05) is 67.6 Å². The molecule has 0 aromatic heterocycles. The fraction of sp³-hybridized carbons (Fsp3) is 0.0588. The van der Waals surface area contributed by atoms with Gasteiger partial charge in [0, 0.05) is 5.71 Å². The number of hydrogen-bond donors (Lipinski definition) is 0. The number of benzene rings is 2. The van der Waals surface area contributed by atoms with E-state index < -0.39 is 0 Å².